The molecule has 1 amide bonds. The summed E-state index contributed by atoms with van der Waals surface area (Å²) in [5.74, 6) is -0.267. The first-order valence-electron chi connectivity index (χ1n) is 5.60. The van der Waals surface area contributed by atoms with Crippen LogP contribution in [0.25, 0.3) is 0 Å². The predicted molar refractivity (Wildman–Crippen MR) is 74.2 cm³/mol. The van der Waals surface area contributed by atoms with Crippen LogP contribution in [-0.2, 0) is 14.8 Å². The smallest absolute Gasteiger partial charge is 0.238 e. The number of primary sulfonamides is 1. The Morgan fingerprint density at radius 1 is 1.47 bits per heavy atom. The number of benzene rings is 1. The van der Waals surface area contributed by atoms with Gasteiger partial charge >= 0.3 is 0 Å². The zero-order chi connectivity index (χ0) is 14.5. The van der Waals surface area contributed by atoms with Crippen molar-refractivity contribution in [3.63, 3.8) is 0 Å². The Bertz CT molecular complexity index is 582. The summed E-state index contributed by atoms with van der Waals surface area (Å²) in [5.41, 5.74) is 0.846. The van der Waals surface area contributed by atoms with Crippen molar-refractivity contribution in [2.24, 2.45) is 5.14 Å². The van der Waals surface area contributed by atoms with Crippen LogP contribution in [0.2, 0.25) is 0 Å². The minimum Gasteiger partial charge on any atom is -0.325 e. The highest BCUT2D eigenvalue weighted by molar-refractivity contribution is 7.89. The zero-order valence-electron chi connectivity index (χ0n) is 10.6. The average Bonchev–Trinajstić information content (AvgIpc) is 2.30. The maximum absolute atomic E-state index is 11.6. The van der Waals surface area contributed by atoms with Crippen LogP contribution in [0.4, 0.5) is 5.69 Å². The van der Waals surface area contributed by atoms with Gasteiger partial charge in [0.1, 0.15) is 0 Å². The highest BCUT2D eigenvalue weighted by Gasteiger charge is 2.14. The summed E-state index contributed by atoms with van der Waals surface area (Å²) in [6.07, 6.45) is 1.64. The van der Waals surface area contributed by atoms with E-state index in [-0.39, 0.29) is 17.3 Å². The molecule has 0 atom stereocenters. The van der Waals surface area contributed by atoms with Crippen molar-refractivity contribution in [2.45, 2.75) is 11.8 Å². The second kappa shape index (κ2) is 6.46. The van der Waals surface area contributed by atoms with Crippen LogP contribution in [0.5, 0.6) is 0 Å². The molecule has 0 aromatic heterocycles. The quantitative estimate of drug-likeness (QED) is 0.518. The number of hydrogen-bond donors (Lipinski definition) is 3. The van der Waals surface area contributed by atoms with Crippen LogP contribution in [-0.4, -0.2) is 27.4 Å². The largest absolute Gasteiger partial charge is 0.325 e. The minimum absolute atomic E-state index is 0.00403. The average molecular weight is 283 g/mol. The molecule has 1 aromatic rings. The van der Waals surface area contributed by atoms with E-state index < -0.39 is 10.0 Å². The molecule has 4 N–H and O–H groups in total. The van der Waals surface area contributed by atoms with Crippen LogP contribution in [0.3, 0.4) is 0 Å². The summed E-state index contributed by atoms with van der Waals surface area (Å²) < 4.78 is 22.7. The molecular formula is C12H17N3O3S. The maximum Gasteiger partial charge on any atom is 0.238 e. The van der Waals surface area contributed by atoms with Crippen LogP contribution < -0.4 is 15.8 Å². The first-order valence-corrected chi connectivity index (χ1v) is 7.14. The lowest BCUT2D eigenvalue weighted by atomic mass is 10.2. The number of sulfonamides is 1. The summed E-state index contributed by atoms with van der Waals surface area (Å²) in [6, 6.07) is 4.55. The molecular weight excluding hydrogens is 266 g/mol. The van der Waals surface area contributed by atoms with Gasteiger partial charge in [-0.25, -0.2) is 13.6 Å². The highest BCUT2D eigenvalue weighted by Crippen LogP contribution is 2.21. The van der Waals surface area contributed by atoms with E-state index in [0.29, 0.717) is 17.8 Å². The van der Waals surface area contributed by atoms with Crippen molar-refractivity contribution < 1.29 is 13.2 Å². The van der Waals surface area contributed by atoms with Gasteiger partial charge in [0.15, 0.2) is 0 Å². The van der Waals surface area contributed by atoms with Crippen LogP contribution in [0, 0.1) is 6.92 Å². The summed E-state index contributed by atoms with van der Waals surface area (Å²) in [5, 5.41) is 10.6. The van der Waals surface area contributed by atoms with Crippen molar-refractivity contribution in [3.8, 4) is 0 Å². The number of nitrogens with one attached hydrogen (secondary N) is 2. The van der Waals surface area contributed by atoms with E-state index in [0.717, 1.165) is 0 Å². The second-order valence-corrected chi connectivity index (χ2v) is 5.47. The third-order valence-corrected chi connectivity index (χ3v) is 3.49. The second-order valence-electron chi connectivity index (χ2n) is 3.94. The number of hydrogen-bond acceptors (Lipinski definition) is 4. The molecule has 0 radical (unpaired) electrons. The molecule has 7 heteroatoms. The fourth-order valence-corrected chi connectivity index (χ4v) is 2.35. The van der Waals surface area contributed by atoms with Gasteiger partial charge in [0.25, 0.3) is 0 Å². The molecule has 0 fully saturated rings. The van der Waals surface area contributed by atoms with E-state index in [1.807, 2.05) is 0 Å². The Morgan fingerprint density at radius 3 is 2.74 bits per heavy atom. The Balaban J connectivity index is 2.85. The Labute approximate surface area is 112 Å². The molecule has 0 aliphatic carbocycles. The van der Waals surface area contributed by atoms with Gasteiger partial charge in [-0.1, -0.05) is 12.1 Å². The van der Waals surface area contributed by atoms with E-state index in [9.17, 15) is 13.2 Å². The fraction of sp³-hybridized carbons (Fsp3) is 0.250. The molecule has 1 rings (SSSR count). The number of rotatable bonds is 6. The van der Waals surface area contributed by atoms with Gasteiger partial charge in [-0.05, 0) is 24.6 Å². The topological polar surface area (TPSA) is 101 Å². The van der Waals surface area contributed by atoms with E-state index in [4.69, 9.17) is 5.14 Å². The molecule has 0 aliphatic heterocycles. The van der Waals surface area contributed by atoms with Gasteiger partial charge in [-0.15, -0.1) is 6.58 Å². The molecule has 1 aromatic carbocycles. The zero-order valence-corrected chi connectivity index (χ0v) is 11.5. The lowest BCUT2D eigenvalue weighted by molar-refractivity contribution is -0.115. The fourth-order valence-electron chi connectivity index (χ4n) is 1.54. The van der Waals surface area contributed by atoms with Gasteiger partial charge in [0.05, 0.1) is 11.4 Å². The number of carbonyl (C=O) groups excluding carboxylic acids is 1. The lowest BCUT2D eigenvalue weighted by Crippen LogP contribution is -2.28. The lowest BCUT2D eigenvalue weighted by Gasteiger charge is -2.11. The Morgan fingerprint density at radius 2 is 2.16 bits per heavy atom. The molecule has 0 saturated carbocycles. The molecule has 19 heavy (non-hydrogen) atoms. The normalized spacial score (nSPS) is 11.1. The third kappa shape index (κ3) is 4.47. The van der Waals surface area contributed by atoms with Crippen LogP contribution in [0.1, 0.15) is 5.56 Å². The third-order valence-electron chi connectivity index (χ3n) is 2.44. The summed E-state index contributed by atoms with van der Waals surface area (Å²) >= 11 is 0. The van der Waals surface area contributed by atoms with Crippen LogP contribution >= 0.6 is 0 Å². The molecule has 0 bridgehead atoms. The molecule has 104 valence electrons. The molecule has 0 heterocycles. The van der Waals surface area contributed by atoms with E-state index in [1.165, 1.54) is 12.1 Å². The Hall–Kier alpha value is -1.70. The van der Waals surface area contributed by atoms with Gasteiger partial charge < -0.3 is 10.6 Å². The highest BCUT2D eigenvalue weighted by atomic mass is 32.2. The van der Waals surface area contributed by atoms with Gasteiger partial charge in [-0.3, -0.25) is 4.79 Å². The van der Waals surface area contributed by atoms with E-state index in [1.54, 1.807) is 19.1 Å². The van der Waals surface area contributed by atoms with Crippen molar-refractivity contribution in [2.75, 3.05) is 18.4 Å². The monoisotopic (exact) mass is 283 g/mol. The summed E-state index contributed by atoms with van der Waals surface area (Å²) in [4.78, 5) is 11.6. The van der Waals surface area contributed by atoms with Gasteiger partial charge in [0.2, 0.25) is 15.9 Å². The van der Waals surface area contributed by atoms with Crippen molar-refractivity contribution in [1.82, 2.24) is 5.32 Å². The number of anilines is 1. The minimum atomic E-state index is -3.79. The molecule has 6 nitrogen and oxygen atoms in total. The maximum atomic E-state index is 11.6. The number of nitrogens with two attached hydrogens (primary N) is 1. The van der Waals surface area contributed by atoms with Crippen molar-refractivity contribution in [1.29, 1.82) is 0 Å². The summed E-state index contributed by atoms with van der Waals surface area (Å²) in [6.45, 7) is 5.74. The first kappa shape index (κ1) is 15.4. The molecule has 0 saturated heterocycles. The van der Waals surface area contributed by atoms with Gasteiger partial charge in [-0.2, -0.15) is 0 Å². The molecule has 0 spiro atoms. The Kier molecular flexibility index (Phi) is 5.22. The predicted octanol–water partition coefficient (Wildman–Crippen LogP) is 0.357. The molecule has 0 unspecified atom stereocenters. The van der Waals surface area contributed by atoms with Gasteiger partial charge in [0, 0.05) is 12.2 Å². The molecule has 0 aliphatic rings. The summed E-state index contributed by atoms with van der Waals surface area (Å²) in [7, 11) is -3.79. The van der Waals surface area contributed by atoms with E-state index in [2.05, 4.69) is 17.2 Å². The van der Waals surface area contributed by atoms with Crippen LogP contribution in [0.15, 0.2) is 35.7 Å². The standard InChI is InChI=1S/C12H17N3O3S/c1-3-7-14-8-12(16)15-10-5-4-6-11(9(10)2)19(13,17)18/h3-6,14H,1,7-8H2,2H3,(H,15,16)(H2,13,17,18). The first-order chi connectivity index (χ1) is 8.86. The number of carbonyl (C=O) groups is 1. The number of amides is 1. The van der Waals surface area contributed by atoms with Crippen molar-refractivity contribution in [3.05, 3.63) is 36.4 Å². The van der Waals surface area contributed by atoms with Crippen molar-refractivity contribution >= 4 is 21.6 Å². The SMILES string of the molecule is C=CCNCC(=O)Nc1cccc(S(N)(=O)=O)c1C. The van der Waals surface area contributed by atoms with E-state index >= 15 is 0 Å².